The van der Waals surface area contributed by atoms with E-state index in [1.54, 1.807) is 6.20 Å². The standard InChI is InChI=1S/C14H12ClN/c1-11-5-4-10-16-14(11)9-8-12-6-2-3-7-13(12)15/h2-10H,1H3. The molecule has 1 aromatic heterocycles. The first-order valence-electron chi connectivity index (χ1n) is 5.11. The summed E-state index contributed by atoms with van der Waals surface area (Å²) in [5.41, 5.74) is 3.14. The van der Waals surface area contributed by atoms with Crippen LogP contribution in [0.15, 0.2) is 42.6 Å². The Bertz CT molecular complexity index is 470. The molecule has 0 atom stereocenters. The molecule has 1 heterocycles. The van der Waals surface area contributed by atoms with Crippen molar-refractivity contribution in [3.63, 3.8) is 0 Å². The molecule has 2 heteroatoms. The van der Waals surface area contributed by atoms with Gasteiger partial charge in [0.05, 0.1) is 5.69 Å². The summed E-state index contributed by atoms with van der Waals surface area (Å²) in [4.78, 5) is 4.29. The van der Waals surface area contributed by atoms with Crippen LogP contribution in [-0.4, -0.2) is 4.98 Å². The Morgan fingerprint density at radius 2 is 1.88 bits per heavy atom. The average molecular weight is 230 g/mol. The molecule has 0 N–H and O–H groups in total. The van der Waals surface area contributed by atoms with Crippen LogP contribution in [0.5, 0.6) is 0 Å². The number of rotatable bonds is 2. The van der Waals surface area contributed by atoms with Crippen molar-refractivity contribution < 1.29 is 0 Å². The van der Waals surface area contributed by atoms with Gasteiger partial charge in [-0.1, -0.05) is 41.9 Å². The molecule has 0 radical (unpaired) electrons. The van der Waals surface area contributed by atoms with E-state index in [1.807, 2.05) is 55.5 Å². The Morgan fingerprint density at radius 3 is 2.62 bits per heavy atom. The van der Waals surface area contributed by atoms with Crippen molar-refractivity contribution in [1.29, 1.82) is 0 Å². The molecule has 2 aromatic rings. The number of nitrogens with zero attached hydrogens (tertiary/aromatic N) is 1. The van der Waals surface area contributed by atoms with E-state index < -0.39 is 0 Å². The lowest BCUT2D eigenvalue weighted by Crippen LogP contribution is -1.84. The lowest BCUT2D eigenvalue weighted by Gasteiger charge is -1.99. The quantitative estimate of drug-likeness (QED) is 0.752. The Morgan fingerprint density at radius 1 is 1.06 bits per heavy atom. The average Bonchev–Trinajstić information content (AvgIpc) is 2.30. The highest BCUT2D eigenvalue weighted by molar-refractivity contribution is 6.32. The third-order valence-corrected chi connectivity index (χ3v) is 2.72. The first kappa shape index (κ1) is 10.9. The van der Waals surface area contributed by atoms with Crippen LogP contribution in [0.3, 0.4) is 0 Å². The molecule has 0 unspecified atom stereocenters. The van der Waals surface area contributed by atoms with Crippen LogP contribution in [0, 0.1) is 6.92 Å². The predicted molar refractivity (Wildman–Crippen MR) is 69.4 cm³/mol. The van der Waals surface area contributed by atoms with Crippen LogP contribution in [-0.2, 0) is 0 Å². The Kier molecular flexibility index (Phi) is 3.37. The van der Waals surface area contributed by atoms with E-state index in [9.17, 15) is 0 Å². The highest BCUT2D eigenvalue weighted by Crippen LogP contribution is 2.18. The van der Waals surface area contributed by atoms with Gasteiger partial charge in [-0.15, -0.1) is 0 Å². The number of halogens is 1. The topological polar surface area (TPSA) is 12.9 Å². The van der Waals surface area contributed by atoms with Gasteiger partial charge in [0.2, 0.25) is 0 Å². The van der Waals surface area contributed by atoms with Crippen LogP contribution in [0.4, 0.5) is 0 Å². The second kappa shape index (κ2) is 4.95. The van der Waals surface area contributed by atoms with E-state index in [-0.39, 0.29) is 0 Å². The van der Waals surface area contributed by atoms with Gasteiger partial charge in [-0.2, -0.15) is 0 Å². The Hall–Kier alpha value is -1.60. The fourth-order valence-corrected chi connectivity index (χ4v) is 1.65. The summed E-state index contributed by atoms with van der Waals surface area (Å²) in [6, 6.07) is 11.7. The minimum atomic E-state index is 0.757. The zero-order valence-electron chi connectivity index (χ0n) is 9.02. The lowest BCUT2D eigenvalue weighted by molar-refractivity contribution is 1.24. The second-order valence-corrected chi connectivity index (χ2v) is 3.97. The van der Waals surface area contributed by atoms with Crippen LogP contribution < -0.4 is 0 Å². The van der Waals surface area contributed by atoms with Gasteiger partial charge >= 0.3 is 0 Å². The molecule has 16 heavy (non-hydrogen) atoms. The minimum absolute atomic E-state index is 0.757. The third kappa shape index (κ3) is 2.50. The van der Waals surface area contributed by atoms with Crippen LogP contribution in [0.25, 0.3) is 12.2 Å². The summed E-state index contributed by atoms with van der Waals surface area (Å²) in [5, 5.41) is 0.757. The van der Waals surface area contributed by atoms with Crippen molar-refractivity contribution in [2.45, 2.75) is 6.92 Å². The third-order valence-electron chi connectivity index (χ3n) is 2.38. The Labute approximate surface area is 100 Å². The molecule has 0 fully saturated rings. The zero-order valence-corrected chi connectivity index (χ0v) is 9.78. The maximum Gasteiger partial charge on any atom is 0.0658 e. The van der Waals surface area contributed by atoms with Crippen molar-refractivity contribution in [1.82, 2.24) is 4.98 Å². The van der Waals surface area contributed by atoms with Gasteiger partial charge in [0.15, 0.2) is 0 Å². The van der Waals surface area contributed by atoms with Gasteiger partial charge in [0.25, 0.3) is 0 Å². The summed E-state index contributed by atoms with van der Waals surface area (Å²) in [5.74, 6) is 0. The number of benzene rings is 1. The summed E-state index contributed by atoms with van der Waals surface area (Å²) in [7, 11) is 0. The van der Waals surface area contributed by atoms with Gasteiger partial charge in [-0.25, -0.2) is 0 Å². The molecule has 0 saturated carbocycles. The van der Waals surface area contributed by atoms with Crippen molar-refractivity contribution >= 4 is 23.8 Å². The number of aromatic nitrogens is 1. The summed E-state index contributed by atoms with van der Waals surface area (Å²) in [6.45, 7) is 2.04. The Balaban J connectivity index is 2.29. The second-order valence-electron chi connectivity index (χ2n) is 3.56. The van der Waals surface area contributed by atoms with Crippen molar-refractivity contribution in [3.8, 4) is 0 Å². The van der Waals surface area contributed by atoms with Crippen LogP contribution in [0.1, 0.15) is 16.8 Å². The monoisotopic (exact) mass is 229 g/mol. The molecule has 1 nitrogen and oxygen atoms in total. The lowest BCUT2D eigenvalue weighted by atomic mass is 10.1. The summed E-state index contributed by atoms with van der Waals surface area (Å²) >= 11 is 6.06. The molecule has 1 aromatic carbocycles. The molecule has 0 saturated heterocycles. The van der Waals surface area contributed by atoms with Crippen molar-refractivity contribution in [2.24, 2.45) is 0 Å². The summed E-state index contributed by atoms with van der Waals surface area (Å²) < 4.78 is 0. The SMILES string of the molecule is Cc1cccnc1C=Cc1ccccc1Cl. The molecule has 0 aliphatic rings. The normalized spacial score (nSPS) is 10.9. The molecule has 0 spiro atoms. The number of aryl methyl sites for hydroxylation is 1. The molecule has 0 aliphatic heterocycles. The molecular formula is C14H12ClN. The van der Waals surface area contributed by atoms with Gasteiger partial charge in [0.1, 0.15) is 0 Å². The van der Waals surface area contributed by atoms with Crippen molar-refractivity contribution in [2.75, 3.05) is 0 Å². The van der Waals surface area contributed by atoms with E-state index in [0.29, 0.717) is 0 Å². The maximum absolute atomic E-state index is 6.06. The predicted octanol–water partition coefficient (Wildman–Crippen LogP) is 4.21. The van der Waals surface area contributed by atoms with Gasteiger partial charge < -0.3 is 0 Å². The van der Waals surface area contributed by atoms with Gasteiger partial charge in [-0.3, -0.25) is 4.98 Å². The highest BCUT2D eigenvalue weighted by Gasteiger charge is 1.95. The van der Waals surface area contributed by atoms with E-state index >= 15 is 0 Å². The molecular weight excluding hydrogens is 218 g/mol. The first-order valence-corrected chi connectivity index (χ1v) is 5.49. The number of pyridine rings is 1. The molecule has 2 rings (SSSR count). The van der Waals surface area contributed by atoms with Gasteiger partial charge in [-0.05, 0) is 36.3 Å². The minimum Gasteiger partial charge on any atom is -0.257 e. The molecule has 0 aliphatic carbocycles. The molecule has 80 valence electrons. The van der Waals surface area contributed by atoms with E-state index in [4.69, 9.17) is 11.6 Å². The van der Waals surface area contributed by atoms with Crippen LogP contribution in [0.2, 0.25) is 5.02 Å². The summed E-state index contributed by atoms with van der Waals surface area (Å²) in [6.07, 6.45) is 5.76. The molecule has 0 bridgehead atoms. The first-order chi connectivity index (χ1) is 7.77. The largest absolute Gasteiger partial charge is 0.257 e. The van der Waals surface area contributed by atoms with E-state index in [0.717, 1.165) is 21.8 Å². The fourth-order valence-electron chi connectivity index (χ4n) is 1.45. The zero-order chi connectivity index (χ0) is 11.4. The van der Waals surface area contributed by atoms with E-state index in [2.05, 4.69) is 4.98 Å². The smallest absolute Gasteiger partial charge is 0.0658 e. The van der Waals surface area contributed by atoms with E-state index in [1.165, 1.54) is 0 Å². The number of hydrogen-bond donors (Lipinski definition) is 0. The number of hydrogen-bond acceptors (Lipinski definition) is 1. The highest BCUT2D eigenvalue weighted by atomic mass is 35.5. The molecule has 0 amide bonds. The van der Waals surface area contributed by atoms with Crippen LogP contribution >= 0.6 is 11.6 Å². The maximum atomic E-state index is 6.06. The fraction of sp³-hybridized carbons (Fsp3) is 0.0714. The van der Waals surface area contributed by atoms with Gasteiger partial charge in [0, 0.05) is 11.2 Å². The van der Waals surface area contributed by atoms with Crippen molar-refractivity contribution in [3.05, 3.63) is 64.4 Å².